The lowest BCUT2D eigenvalue weighted by Gasteiger charge is -2.21. The first-order valence-electron chi connectivity index (χ1n) is 5.24. The van der Waals surface area contributed by atoms with Crippen molar-refractivity contribution in [2.75, 3.05) is 7.11 Å². The molecule has 0 aromatic heterocycles. The first-order valence-corrected chi connectivity index (χ1v) is 5.24. The van der Waals surface area contributed by atoms with Crippen LogP contribution >= 0.6 is 0 Å². The summed E-state index contributed by atoms with van der Waals surface area (Å²) in [6.07, 6.45) is -0.402. The Morgan fingerprint density at radius 1 is 1.41 bits per heavy atom. The molecule has 0 saturated heterocycles. The number of nitriles is 1. The van der Waals surface area contributed by atoms with Gasteiger partial charge in [0.25, 0.3) is 0 Å². The highest BCUT2D eigenvalue weighted by Gasteiger charge is 2.19. The van der Waals surface area contributed by atoms with Crippen molar-refractivity contribution in [3.63, 3.8) is 0 Å². The van der Waals surface area contributed by atoms with E-state index in [1.165, 1.54) is 7.11 Å². The van der Waals surface area contributed by atoms with Gasteiger partial charge >= 0.3 is 12.1 Å². The molecule has 0 aliphatic carbocycles. The summed E-state index contributed by atoms with van der Waals surface area (Å²) >= 11 is 0. The normalized spacial score (nSPS) is 12.2. The molecule has 96 valence electrons. The van der Waals surface area contributed by atoms with Crippen molar-refractivity contribution in [2.45, 2.75) is 45.3 Å². The highest BCUT2D eigenvalue weighted by Crippen LogP contribution is 2.07. The number of alkyl carbamates (subject to hydrolysis) is 1. The molecule has 1 N–H and O–H groups in total. The molecule has 0 unspecified atom stereocenters. The summed E-state index contributed by atoms with van der Waals surface area (Å²) in [5, 5.41) is 11.2. The van der Waals surface area contributed by atoms with E-state index in [1.54, 1.807) is 20.8 Å². The number of nitrogens with zero attached hydrogens (tertiary/aromatic N) is 1. The van der Waals surface area contributed by atoms with E-state index < -0.39 is 23.7 Å². The van der Waals surface area contributed by atoms with Crippen LogP contribution in [0.4, 0.5) is 4.79 Å². The van der Waals surface area contributed by atoms with Gasteiger partial charge in [0.15, 0.2) is 0 Å². The predicted molar refractivity (Wildman–Crippen MR) is 60.0 cm³/mol. The van der Waals surface area contributed by atoms with Gasteiger partial charge in [-0.25, -0.2) is 4.79 Å². The Morgan fingerprint density at radius 3 is 2.41 bits per heavy atom. The van der Waals surface area contributed by atoms with Crippen LogP contribution in [0.1, 0.15) is 33.6 Å². The van der Waals surface area contributed by atoms with Gasteiger partial charge in [-0.3, -0.25) is 4.79 Å². The second kappa shape index (κ2) is 6.74. The highest BCUT2D eigenvalue weighted by atomic mass is 16.6. The van der Waals surface area contributed by atoms with Crippen LogP contribution in [0.3, 0.4) is 0 Å². The van der Waals surface area contributed by atoms with Crippen molar-refractivity contribution in [2.24, 2.45) is 0 Å². The first kappa shape index (κ1) is 15.2. The molecule has 0 radical (unpaired) electrons. The maximum atomic E-state index is 11.3. The lowest BCUT2D eigenvalue weighted by Crippen LogP contribution is -2.38. The lowest BCUT2D eigenvalue weighted by molar-refractivity contribution is -0.140. The van der Waals surface area contributed by atoms with Crippen molar-refractivity contribution >= 4 is 12.1 Å². The second-order valence-corrected chi connectivity index (χ2v) is 4.44. The quantitative estimate of drug-likeness (QED) is 0.752. The van der Waals surface area contributed by atoms with Gasteiger partial charge in [-0.15, -0.1) is 0 Å². The molecule has 0 saturated carbocycles. The fraction of sp³-hybridized carbons (Fsp3) is 0.727. The van der Waals surface area contributed by atoms with Gasteiger partial charge in [-0.05, 0) is 27.2 Å². The third-order valence-corrected chi connectivity index (χ3v) is 1.71. The van der Waals surface area contributed by atoms with E-state index in [2.05, 4.69) is 10.1 Å². The molecule has 1 atom stereocenters. The minimum Gasteiger partial charge on any atom is -0.469 e. The summed E-state index contributed by atoms with van der Waals surface area (Å²) in [5.41, 5.74) is -0.619. The number of hydrogen-bond donors (Lipinski definition) is 1. The molecule has 0 bridgehead atoms. The Bertz CT molecular complexity index is 314. The van der Waals surface area contributed by atoms with E-state index in [0.717, 1.165) is 0 Å². The molecular weight excluding hydrogens is 224 g/mol. The second-order valence-electron chi connectivity index (χ2n) is 4.44. The summed E-state index contributed by atoms with van der Waals surface area (Å²) in [7, 11) is 1.27. The summed E-state index contributed by atoms with van der Waals surface area (Å²) in [6, 6.07) is 1.12. The molecule has 0 fully saturated rings. The summed E-state index contributed by atoms with van der Waals surface area (Å²) < 4.78 is 9.42. The van der Waals surface area contributed by atoms with Crippen LogP contribution in [0.5, 0.6) is 0 Å². The van der Waals surface area contributed by atoms with Gasteiger partial charge in [0.05, 0.1) is 13.2 Å². The van der Waals surface area contributed by atoms with Crippen LogP contribution in [0.25, 0.3) is 0 Å². The molecule has 0 spiro atoms. The number of methoxy groups -OCH3 is 1. The van der Waals surface area contributed by atoms with Gasteiger partial charge < -0.3 is 14.8 Å². The maximum Gasteiger partial charge on any atom is 0.408 e. The molecule has 0 aliphatic rings. The Balaban J connectivity index is 4.10. The van der Waals surface area contributed by atoms with E-state index in [9.17, 15) is 9.59 Å². The van der Waals surface area contributed by atoms with Gasteiger partial charge in [0.2, 0.25) is 0 Å². The minimum atomic E-state index is -0.760. The zero-order valence-electron chi connectivity index (χ0n) is 10.6. The van der Waals surface area contributed by atoms with Crippen molar-refractivity contribution in [1.82, 2.24) is 5.32 Å². The molecule has 6 nitrogen and oxygen atoms in total. The highest BCUT2D eigenvalue weighted by molar-refractivity contribution is 5.70. The fourth-order valence-electron chi connectivity index (χ4n) is 0.983. The average Bonchev–Trinajstić information content (AvgIpc) is 2.20. The van der Waals surface area contributed by atoms with Crippen LogP contribution in [0.2, 0.25) is 0 Å². The molecule has 0 aromatic carbocycles. The zero-order chi connectivity index (χ0) is 13.5. The number of esters is 1. The number of carbonyl (C=O) groups is 2. The van der Waals surface area contributed by atoms with E-state index in [1.807, 2.05) is 6.07 Å². The Morgan fingerprint density at radius 2 is 2.00 bits per heavy atom. The van der Waals surface area contributed by atoms with Crippen LogP contribution in [0, 0.1) is 11.3 Å². The van der Waals surface area contributed by atoms with Gasteiger partial charge in [-0.1, -0.05) is 0 Å². The molecule has 1 amide bonds. The molecule has 6 heteroatoms. The minimum absolute atomic E-state index is 0.0739. The third-order valence-electron chi connectivity index (χ3n) is 1.71. The van der Waals surface area contributed by atoms with Crippen LogP contribution in [0.15, 0.2) is 0 Å². The number of nitrogens with one attached hydrogen (secondary N) is 1. The zero-order valence-corrected chi connectivity index (χ0v) is 10.6. The largest absolute Gasteiger partial charge is 0.469 e. The maximum absolute atomic E-state index is 11.3. The van der Waals surface area contributed by atoms with Crippen molar-refractivity contribution in [3.05, 3.63) is 0 Å². The van der Waals surface area contributed by atoms with Gasteiger partial charge in [-0.2, -0.15) is 5.26 Å². The van der Waals surface area contributed by atoms with Crippen molar-refractivity contribution in [1.29, 1.82) is 5.26 Å². The Kier molecular flexibility index (Phi) is 6.03. The number of hydrogen-bond acceptors (Lipinski definition) is 5. The number of rotatable bonds is 4. The van der Waals surface area contributed by atoms with Gasteiger partial charge in [0, 0.05) is 6.42 Å². The van der Waals surface area contributed by atoms with E-state index >= 15 is 0 Å². The van der Waals surface area contributed by atoms with Crippen molar-refractivity contribution in [3.8, 4) is 6.07 Å². The number of amides is 1. The summed E-state index contributed by atoms with van der Waals surface area (Å²) in [5.74, 6) is -0.420. The van der Waals surface area contributed by atoms with E-state index in [0.29, 0.717) is 0 Å². The average molecular weight is 242 g/mol. The van der Waals surface area contributed by atoms with E-state index in [-0.39, 0.29) is 12.8 Å². The predicted octanol–water partition coefficient (Wildman–Crippen LogP) is 1.36. The SMILES string of the molecule is COC(=O)CC[C@@H](C#N)NC(=O)OC(C)(C)C. The lowest BCUT2D eigenvalue weighted by atomic mass is 10.2. The molecule has 0 heterocycles. The van der Waals surface area contributed by atoms with Crippen molar-refractivity contribution < 1.29 is 19.1 Å². The standard InChI is InChI=1S/C11H18N2O4/c1-11(2,3)17-10(15)13-8(7-12)5-6-9(14)16-4/h8H,5-6H2,1-4H3,(H,13,15)/t8-/m0/s1. The molecular formula is C11H18N2O4. The summed E-state index contributed by atoms with van der Waals surface area (Å²) in [4.78, 5) is 22.2. The Hall–Kier alpha value is -1.77. The molecule has 0 rings (SSSR count). The van der Waals surface area contributed by atoms with Gasteiger partial charge in [0.1, 0.15) is 11.6 Å². The molecule has 17 heavy (non-hydrogen) atoms. The van der Waals surface area contributed by atoms with E-state index in [4.69, 9.17) is 10.00 Å². The topological polar surface area (TPSA) is 88.4 Å². The van der Waals surface area contributed by atoms with Crippen LogP contribution in [-0.2, 0) is 14.3 Å². The number of carbonyl (C=O) groups excluding carboxylic acids is 2. The summed E-state index contributed by atoms with van der Waals surface area (Å²) in [6.45, 7) is 5.17. The monoisotopic (exact) mass is 242 g/mol. The fourth-order valence-corrected chi connectivity index (χ4v) is 0.983. The number of ether oxygens (including phenoxy) is 2. The first-order chi connectivity index (χ1) is 7.78. The molecule has 0 aliphatic heterocycles. The van der Waals surface area contributed by atoms with Crippen LogP contribution in [-0.4, -0.2) is 30.8 Å². The van der Waals surface area contributed by atoms with Crippen LogP contribution < -0.4 is 5.32 Å². The smallest absolute Gasteiger partial charge is 0.408 e. The Labute approximate surface area is 101 Å². The third kappa shape index (κ3) is 8.08. The molecule has 0 aromatic rings.